The van der Waals surface area contributed by atoms with Gasteiger partial charge in [0, 0.05) is 11.6 Å². The summed E-state index contributed by atoms with van der Waals surface area (Å²) in [6, 6.07) is 7.25. The van der Waals surface area contributed by atoms with Crippen LogP contribution in [0.1, 0.15) is 37.9 Å². The Balaban J connectivity index is 1.90. The first-order valence-corrected chi connectivity index (χ1v) is 7.75. The highest BCUT2D eigenvalue weighted by molar-refractivity contribution is 5.81. The molecule has 1 aliphatic rings. The van der Waals surface area contributed by atoms with Crippen molar-refractivity contribution in [3.8, 4) is 11.4 Å². The van der Waals surface area contributed by atoms with Crippen LogP contribution in [-0.2, 0) is 6.42 Å². The Hall–Kier alpha value is -2.30. The van der Waals surface area contributed by atoms with Gasteiger partial charge in [-0.2, -0.15) is 10.2 Å². The molecule has 0 unspecified atom stereocenters. The molecule has 0 aliphatic heterocycles. The molecule has 1 aromatic carbocycles. The first-order chi connectivity index (χ1) is 10.8. The summed E-state index contributed by atoms with van der Waals surface area (Å²) in [5.74, 6) is 0.649. The van der Waals surface area contributed by atoms with Gasteiger partial charge in [-0.15, -0.1) is 0 Å². The number of halogens is 1. The van der Waals surface area contributed by atoms with Gasteiger partial charge in [0.05, 0.1) is 22.9 Å². The Morgan fingerprint density at radius 3 is 2.91 bits per heavy atom. The van der Waals surface area contributed by atoms with E-state index in [0.717, 1.165) is 53.8 Å². The number of imidazole rings is 1. The van der Waals surface area contributed by atoms with E-state index >= 15 is 0 Å². The van der Waals surface area contributed by atoms with E-state index in [1.54, 1.807) is 18.3 Å². The predicted octanol–water partition coefficient (Wildman–Crippen LogP) is 3.92. The van der Waals surface area contributed by atoms with Gasteiger partial charge in [-0.25, -0.2) is 9.37 Å². The van der Waals surface area contributed by atoms with Crippen LogP contribution in [0.2, 0.25) is 0 Å². The van der Waals surface area contributed by atoms with E-state index in [0.29, 0.717) is 6.04 Å². The highest BCUT2D eigenvalue weighted by Gasteiger charge is 2.29. The van der Waals surface area contributed by atoms with E-state index in [1.165, 1.54) is 6.07 Å². The summed E-state index contributed by atoms with van der Waals surface area (Å²) in [7, 11) is 0. The van der Waals surface area contributed by atoms with Crippen LogP contribution in [0.4, 0.5) is 4.39 Å². The predicted molar refractivity (Wildman–Crippen MR) is 83.0 cm³/mol. The third-order valence-electron chi connectivity index (χ3n) is 4.03. The Kier molecular flexibility index (Phi) is 3.13. The van der Waals surface area contributed by atoms with Crippen LogP contribution < -0.4 is 0 Å². The van der Waals surface area contributed by atoms with Crippen LogP contribution in [0.5, 0.6) is 0 Å². The molecule has 0 saturated heterocycles. The second-order valence-corrected chi connectivity index (χ2v) is 5.86. The quantitative estimate of drug-likeness (QED) is 0.733. The largest absolute Gasteiger partial charge is 0.321 e. The first-order valence-electron chi connectivity index (χ1n) is 7.75. The lowest BCUT2D eigenvalue weighted by molar-refractivity contribution is 0.628. The van der Waals surface area contributed by atoms with Crippen molar-refractivity contribution in [2.24, 2.45) is 0 Å². The van der Waals surface area contributed by atoms with Gasteiger partial charge in [0.2, 0.25) is 0 Å². The number of hydrogen-bond acceptors (Lipinski definition) is 3. The molecular formula is C17H17FN4. The number of nitrogens with zero attached hydrogens (tertiary/aromatic N) is 4. The van der Waals surface area contributed by atoms with Crippen LogP contribution in [0.25, 0.3) is 22.4 Å². The van der Waals surface area contributed by atoms with Gasteiger partial charge in [-0.1, -0.05) is 13.3 Å². The molecule has 0 atom stereocenters. The van der Waals surface area contributed by atoms with Gasteiger partial charge in [-0.3, -0.25) is 0 Å². The molecule has 0 N–H and O–H groups in total. The van der Waals surface area contributed by atoms with Crippen molar-refractivity contribution in [3.05, 3.63) is 42.0 Å². The average Bonchev–Trinajstić information content (AvgIpc) is 3.28. The highest BCUT2D eigenvalue weighted by Crippen LogP contribution is 2.41. The van der Waals surface area contributed by atoms with E-state index < -0.39 is 0 Å². The van der Waals surface area contributed by atoms with E-state index in [-0.39, 0.29) is 5.82 Å². The fourth-order valence-electron chi connectivity index (χ4n) is 2.88. The monoisotopic (exact) mass is 296 g/mol. The second kappa shape index (κ2) is 5.16. The maximum atomic E-state index is 13.6. The fourth-order valence-corrected chi connectivity index (χ4v) is 2.88. The lowest BCUT2D eigenvalue weighted by Gasteiger charge is -2.08. The lowest BCUT2D eigenvalue weighted by Crippen LogP contribution is -2.00. The van der Waals surface area contributed by atoms with Gasteiger partial charge in [-0.05, 0) is 43.5 Å². The van der Waals surface area contributed by atoms with E-state index in [9.17, 15) is 4.39 Å². The van der Waals surface area contributed by atoms with E-state index in [2.05, 4.69) is 21.7 Å². The fraction of sp³-hybridized carbons (Fsp3) is 0.353. The first kappa shape index (κ1) is 13.4. The Morgan fingerprint density at radius 1 is 1.27 bits per heavy atom. The van der Waals surface area contributed by atoms with Gasteiger partial charge in [0.1, 0.15) is 11.6 Å². The smallest absolute Gasteiger partial charge is 0.143 e. The number of benzene rings is 1. The Labute approximate surface area is 128 Å². The minimum Gasteiger partial charge on any atom is -0.321 e. The zero-order valence-corrected chi connectivity index (χ0v) is 12.5. The summed E-state index contributed by atoms with van der Waals surface area (Å²) >= 11 is 0. The van der Waals surface area contributed by atoms with Crippen LogP contribution in [0.3, 0.4) is 0 Å². The van der Waals surface area contributed by atoms with E-state index in [1.807, 2.05) is 6.07 Å². The zero-order valence-electron chi connectivity index (χ0n) is 12.5. The number of fused-ring (bicyclic) bond motifs is 1. The number of aryl methyl sites for hydroxylation is 1. The molecular weight excluding hydrogens is 279 g/mol. The molecule has 4 rings (SSSR count). The van der Waals surface area contributed by atoms with Crippen molar-refractivity contribution in [2.75, 3.05) is 0 Å². The molecule has 2 aromatic heterocycles. The summed E-state index contributed by atoms with van der Waals surface area (Å²) in [6.45, 7) is 2.12. The van der Waals surface area contributed by atoms with Crippen molar-refractivity contribution in [3.63, 3.8) is 0 Å². The summed E-state index contributed by atoms with van der Waals surface area (Å²) in [4.78, 5) is 4.72. The van der Waals surface area contributed by atoms with Crippen LogP contribution in [0, 0.1) is 5.82 Å². The maximum Gasteiger partial charge on any atom is 0.143 e. The maximum absolute atomic E-state index is 13.6. The minimum absolute atomic E-state index is 0.222. The summed E-state index contributed by atoms with van der Waals surface area (Å²) in [5.41, 5.74) is 3.63. The molecule has 112 valence electrons. The van der Waals surface area contributed by atoms with Crippen LogP contribution in [-0.4, -0.2) is 19.7 Å². The van der Waals surface area contributed by atoms with Crippen LogP contribution in [0.15, 0.2) is 30.5 Å². The molecule has 1 fully saturated rings. The van der Waals surface area contributed by atoms with Gasteiger partial charge in [0.25, 0.3) is 0 Å². The SMILES string of the molecule is CCCc1cc(-c2nc3ccc(F)cc3n2C2CC2)cnn1. The van der Waals surface area contributed by atoms with Crippen molar-refractivity contribution in [2.45, 2.75) is 38.6 Å². The Bertz CT molecular complexity index is 836. The topological polar surface area (TPSA) is 43.6 Å². The molecule has 0 radical (unpaired) electrons. The molecule has 1 saturated carbocycles. The second-order valence-electron chi connectivity index (χ2n) is 5.86. The van der Waals surface area contributed by atoms with E-state index in [4.69, 9.17) is 4.98 Å². The Morgan fingerprint density at radius 2 is 2.14 bits per heavy atom. The average molecular weight is 296 g/mol. The van der Waals surface area contributed by atoms with Gasteiger partial charge in [0.15, 0.2) is 0 Å². The number of hydrogen-bond donors (Lipinski definition) is 0. The minimum atomic E-state index is -0.222. The van der Waals surface area contributed by atoms with Crippen molar-refractivity contribution >= 4 is 11.0 Å². The number of rotatable bonds is 4. The van der Waals surface area contributed by atoms with Crippen molar-refractivity contribution in [1.82, 2.24) is 19.7 Å². The van der Waals surface area contributed by atoms with Gasteiger partial charge < -0.3 is 4.57 Å². The highest BCUT2D eigenvalue weighted by atomic mass is 19.1. The lowest BCUT2D eigenvalue weighted by atomic mass is 10.2. The molecule has 0 spiro atoms. The molecule has 1 aliphatic carbocycles. The molecule has 22 heavy (non-hydrogen) atoms. The summed E-state index contributed by atoms with van der Waals surface area (Å²) < 4.78 is 15.8. The third-order valence-corrected chi connectivity index (χ3v) is 4.03. The molecule has 0 amide bonds. The normalized spacial score (nSPS) is 14.6. The molecule has 4 nitrogen and oxygen atoms in total. The number of aromatic nitrogens is 4. The van der Waals surface area contributed by atoms with Crippen molar-refractivity contribution < 1.29 is 4.39 Å². The summed E-state index contributed by atoms with van der Waals surface area (Å²) in [5, 5.41) is 8.28. The molecule has 5 heteroatoms. The molecule has 3 aromatic rings. The molecule has 0 bridgehead atoms. The third kappa shape index (κ3) is 2.26. The summed E-state index contributed by atoms with van der Waals surface area (Å²) in [6.07, 6.45) is 5.92. The molecule has 2 heterocycles. The zero-order chi connectivity index (χ0) is 15.1. The van der Waals surface area contributed by atoms with Gasteiger partial charge >= 0.3 is 0 Å². The standard InChI is InChI=1S/C17H17FN4/c1-2-3-13-8-11(10-19-21-13)17-20-15-7-4-12(18)9-16(15)22(17)14-5-6-14/h4,7-10,14H,2-3,5-6H2,1H3. The van der Waals surface area contributed by atoms with Crippen molar-refractivity contribution in [1.29, 1.82) is 0 Å². The van der Waals surface area contributed by atoms with Crippen LogP contribution >= 0.6 is 0 Å².